The first-order valence-electron chi connectivity index (χ1n) is 15.6. The van der Waals surface area contributed by atoms with Crippen LogP contribution in [0.4, 0.5) is 0 Å². The van der Waals surface area contributed by atoms with E-state index in [4.69, 9.17) is 27.9 Å². The second-order valence-corrected chi connectivity index (χ2v) is 16.4. The number of carbonyl (C=O) groups is 1. The Morgan fingerprint density at radius 1 is 1.00 bits per heavy atom. The lowest BCUT2D eigenvalue weighted by Crippen LogP contribution is -2.47. The van der Waals surface area contributed by atoms with Crippen LogP contribution in [0.25, 0.3) is 0 Å². The average molecular weight is 688 g/mol. The summed E-state index contributed by atoms with van der Waals surface area (Å²) in [6.07, 6.45) is 4.34. The molecule has 1 aliphatic carbocycles. The predicted molar refractivity (Wildman–Crippen MR) is 178 cm³/mol. The molecule has 1 saturated heterocycles. The third-order valence-electron chi connectivity index (χ3n) is 10.2. The van der Waals surface area contributed by atoms with Crippen molar-refractivity contribution >= 4 is 38.9 Å². The highest BCUT2D eigenvalue weighted by atomic mass is 35.5. The number of sulfone groups is 1. The molecule has 0 spiro atoms. The first kappa shape index (κ1) is 33.4. The van der Waals surface area contributed by atoms with Gasteiger partial charge in [-0.25, -0.2) is 8.42 Å². The minimum absolute atomic E-state index is 0.0114. The number of amides is 1. The maximum Gasteiger partial charge on any atom is 0.257 e. The van der Waals surface area contributed by atoms with Crippen LogP contribution in [-0.4, -0.2) is 73.9 Å². The van der Waals surface area contributed by atoms with Crippen LogP contribution in [0.2, 0.25) is 10.0 Å². The van der Waals surface area contributed by atoms with Gasteiger partial charge in [-0.1, -0.05) is 53.5 Å². The van der Waals surface area contributed by atoms with Gasteiger partial charge in [-0.05, 0) is 100 Å². The lowest BCUT2D eigenvalue weighted by Gasteiger charge is -2.41. The molecule has 2 fully saturated rings. The Balaban J connectivity index is 1.52. The van der Waals surface area contributed by atoms with Crippen LogP contribution in [0.1, 0.15) is 65.2 Å². The molecule has 8 nitrogen and oxygen atoms in total. The molecular formula is C35H40Cl2N2O6S. The van der Waals surface area contributed by atoms with Gasteiger partial charge in [-0.15, -0.1) is 0 Å². The highest BCUT2D eigenvalue weighted by Gasteiger charge is 2.55. The van der Waals surface area contributed by atoms with E-state index in [0.29, 0.717) is 32.8 Å². The van der Waals surface area contributed by atoms with Crippen LogP contribution in [-0.2, 0) is 32.4 Å². The summed E-state index contributed by atoms with van der Waals surface area (Å²) >= 11 is 12.5. The number of rotatable bonds is 10. The van der Waals surface area contributed by atoms with E-state index in [0.717, 1.165) is 45.0 Å². The van der Waals surface area contributed by atoms with Crippen molar-refractivity contribution in [2.24, 2.45) is 11.3 Å². The summed E-state index contributed by atoms with van der Waals surface area (Å²) in [5, 5.41) is 22.9. The summed E-state index contributed by atoms with van der Waals surface area (Å²) in [6, 6.07) is 17.2. The van der Waals surface area contributed by atoms with E-state index in [9.17, 15) is 23.4 Å². The molecule has 0 radical (unpaired) electrons. The summed E-state index contributed by atoms with van der Waals surface area (Å²) in [5.74, 6) is -0.355. The number of aliphatic hydroxyl groups is 2. The van der Waals surface area contributed by atoms with Crippen LogP contribution >= 0.6 is 23.2 Å². The van der Waals surface area contributed by atoms with Gasteiger partial charge in [-0.3, -0.25) is 9.69 Å². The topological polar surface area (TPSA) is 107 Å². The lowest BCUT2D eigenvalue weighted by molar-refractivity contribution is -0.129. The standard InChI is InChI=1S/C35H40Cl2N2O6S/c1-33(42,24-12-16-38(2)17-13-24)26-7-11-30-29(18-26)32(41)39(20-23-4-8-28(37)19-31(23)46(3,43)44)35(30,25-5-9-27(36)10-6-25)45-22-34(21-40)14-15-34/h4-11,18-19,24,40,42H,12-17,20-22H2,1-3H3. The number of hydrogen-bond donors (Lipinski definition) is 2. The quantitative estimate of drug-likeness (QED) is 0.286. The molecule has 3 aromatic rings. The maximum atomic E-state index is 14.7. The molecule has 46 heavy (non-hydrogen) atoms. The smallest absolute Gasteiger partial charge is 0.257 e. The summed E-state index contributed by atoms with van der Waals surface area (Å²) < 4.78 is 32.7. The van der Waals surface area contributed by atoms with Gasteiger partial charge in [0, 0.05) is 38.4 Å². The fourth-order valence-corrected chi connectivity index (χ4v) is 8.25. The molecule has 2 aliphatic heterocycles. The number of hydrogen-bond acceptors (Lipinski definition) is 7. The van der Waals surface area contributed by atoms with Gasteiger partial charge >= 0.3 is 0 Å². The van der Waals surface area contributed by atoms with Crippen molar-refractivity contribution in [3.05, 3.63) is 98.5 Å². The van der Waals surface area contributed by atoms with Gasteiger partial charge in [0.15, 0.2) is 15.6 Å². The number of likely N-dealkylation sites (tertiary alicyclic amines) is 1. The molecule has 11 heteroatoms. The van der Waals surface area contributed by atoms with E-state index in [-0.39, 0.29) is 41.5 Å². The van der Waals surface area contributed by atoms with Crippen molar-refractivity contribution in [3.8, 4) is 0 Å². The molecule has 3 aliphatic rings. The molecule has 2 unspecified atom stereocenters. The van der Waals surface area contributed by atoms with Crippen LogP contribution in [0, 0.1) is 11.3 Å². The van der Waals surface area contributed by atoms with Gasteiger partial charge < -0.3 is 19.8 Å². The Bertz CT molecular complexity index is 1750. The monoisotopic (exact) mass is 686 g/mol. The highest BCUT2D eigenvalue weighted by molar-refractivity contribution is 7.90. The Hall–Kier alpha value is -2.50. The Kier molecular flexibility index (Phi) is 8.85. The van der Waals surface area contributed by atoms with Crippen molar-refractivity contribution in [1.82, 2.24) is 9.80 Å². The normalized spacial score (nSPS) is 22.9. The van der Waals surface area contributed by atoms with Crippen molar-refractivity contribution < 1.29 is 28.2 Å². The van der Waals surface area contributed by atoms with E-state index in [2.05, 4.69) is 11.9 Å². The molecule has 2 heterocycles. The highest BCUT2D eigenvalue weighted by Crippen LogP contribution is 2.52. The van der Waals surface area contributed by atoms with Crippen LogP contribution in [0.5, 0.6) is 0 Å². The Morgan fingerprint density at radius 2 is 1.65 bits per heavy atom. The van der Waals surface area contributed by atoms with E-state index in [1.54, 1.807) is 47.4 Å². The maximum absolute atomic E-state index is 14.7. The average Bonchev–Trinajstić information content (AvgIpc) is 3.77. The van der Waals surface area contributed by atoms with Gasteiger partial charge in [0.2, 0.25) is 0 Å². The van der Waals surface area contributed by atoms with Crippen molar-refractivity contribution in [1.29, 1.82) is 0 Å². The van der Waals surface area contributed by atoms with Crippen LogP contribution < -0.4 is 0 Å². The zero-order valence-corrected chi connectivity index (χ0v) is 28.6. The fourth-order valence-electron chi connectivity index (χ4n) is 6.94. The van der Waals surface area contributed by atoms with Gasteiger partial charge in [0.1, 0.15) is 0 Å². The molecule has 6 rings (SSSR count). The van der Waals surface area contributed by atoms with Crippen molar-refractivity contribution in [2.45, 2.75) is 55.4 Å². The molecule has 0 aromatic heterocycles. The first-order chi connectivity index (χ1) is 21.7. The number of aliphatic hydroxyl groups excluding tert-OH is 1. The Labute approximate surface area is 280 Å². The number of nitrogens with zero attached hydrogens (tertiary/aromatic N) is 2. The number of ether oxygens (including phenoxy) is 1. The molecular weight excluding hydrogens is 647 g/mol. The SMILES string of the molecule is CN1CCC(C(C)(O)c2ccc3c(c2)C(=O)N(Cc2ccc(Cl)cc2S(C)(=O)=O)C3(OCC2(CO)CC2)c2ccc(Cl)cc2)CC1. The first-order valence-corrected chi connectivity index (χ1v) is 18.2. The molecule has 1 amide bonds. The molecule has 1 saturated carbocycles. The minimum Gasteiger partial charge on any atom is -0.396 e. The zero-order valence-electron chi connectivity index (χ0n) is 26.3. The minimum atomic E-state index is -3.71. The number of benzene rings is 3. The summed E-state index contributed by atoms with van der Waals surface area (Å²) in [7, 11) is -1.64. The van der Waals surface area contributed by atoms with Gasteiger partial charge in [0.05, 0.1) is 30.3 Å². The predicted octanol–water partition coefficient (Wildman–Crippen LogP) is 5.59. The molecule has 2 atom stereocenters. The summed E-state index contributed by atoms with van der Waals surface area (Å²) in [4.78, 5) is 18.5. The van der Waals surface area contributed by atoms with Crippen LogP contribution in [0.15, 0.2) is 65.6 Å². The molecule has 2 N–H and O–H groups in total. The van der Waals surface area contributed by atoms with E-state index >= 15 is 0 Å². The largest absolute Gasteiger partial charge is 0.396 e. The lowest BCUT2D eigenvalue weighted by atomic mass is 9.76. The molecule has 3 aromatic carbocycles. The second kappa shape index (κ2) is 12.2. The summed E-state index contributed by atoms with van der Waals surface area (Å²) in [6.45, 7) is 3.57. The van der Waals surface area contributed by atoms with Crippen molar-refractivity contribution in [2.75, 3.05) is 39.6 Å². The zero-order chi connectivity index (χ0) is 33.1. The Morgan fingerprint density at radius 3 is 2.26 bits per heavy atom. The van der Waals surface area contributed by atoms with Crippen molar-refractivity contribution in [3.63, 3.8) is 0 Å². The number of carbonyl (C=O) groups excluding carboxylic acids is 1. The third-order valence-corrected chi connectivity index (χ3v) is 11.9. The van der Waals surface area contributed by atoms with Gasteiger partial charge in [0.25, 0.3) is 5.91 Å². The number of halogens is 2. The number of fused-ring (bicyclic) bond motifs is 1. The van der Waals surface area contributed by atoms with E-state index in [1.165, 1.54) is 6.07 Å². The fraction of sp³-hybridized carbons (Fsp3) is 0.457. The number of piperidine rings is 1. The second-order valence-electron chi connectivity index (χ2n) is 13.5. The third kappa shape index (κ3) is 6.00. The molecule has 0 bridgehead atoms. The molecule has 246 valence electrons. The van der Waals surface area contributed by atoms with Crippen LogP contribution in [0.3, 0.4) is 0 Å². The van der Waals surface area contributed by atoms with E-state index < -0.39 is 26.6 Å². The van der Waals surface area contributed by atoms with E-state index in [1.807, 2.05) is 19.1 Å². The summed E-state index contributed by atoms with van der Waals surface area (Å²) in [5.41, 5.74) is -0.489. The van der Waals surface area contributed by atoms with Gasteiger partial charge in [-0.2, -0.15) is 0 Å².